The molecule has 4 heteroatoms. The first-order chi connectivity index (χ1) is 14.7. The number of allylic oxidation sites excluding steroid dienone is 2. The van der Waals surface area contributed by atoms with Crippen molar-refractivity contribution in [2.75, 3.05) is 32.1 Å². The Bertz CT molecular complexity index is 1090. The van der Waals surface area contributed by atoms with Crippen molar-refractivity contribution in [3.63, 3.8) is 0 Å². The molecule has 0 saturated heterocycles. The second-order valence-electron chi connectivity index (χ2n) is 7.72. The van der Waals surface area contributed by atoms with Crippen molar-refractivity contribution in [2.45, 2.75) is 24.8 Å². The quantitative estimate of drug-likeness (QED) is 0.467. The summed E-state index contributed by atoms with van der Waals surface area (Å²) in [7, 11) is 4.32. The minimum absolute atomic E-state index is 1.04. The van der Waals surface area contributed by atoms with Gasteiger partial charge < -0.3 is 9.80 Å². The average Bonchev–Trinajstić information content (AvgIpc) is 3.10. The predicted octanol–water partition coefficient (Wildman–Crippen LogP) is 5.57. The van der Waals surface area contributed by atoms with Gasteiger partial charge in [-0.25, -0.2) is 0 Å². The van der Waals surface area contributed by atoms with E-state index in [1.54, 1.807) is 0 Å². The fourth-order valence-electron chi connectivity index (χ4n) is 3.82. The van der Waals surface area contributed by atoms with Gasteiger partial charge in [-0.05, 0) is 43.4 Å². The molecule has 2 heterocycles. The second-order valence-corrected chi connectivity index (χ2v) is 8.79. The number of para-hydroxylation sites is 2. The molecule has 3 nitrogen and oxygen atoms in total. The predicted molar refractivity (Wildman–Crippen MR) is 130 cm³/mol. The summed E-state index contributed by atoms with van der Waals surface area (Å²) in [6, 6.07) is 19.5. The molecule has 0 radical (unpaired) electrons. The van der Waals surface area contributed by atoms with Crippen LogP contribution in [0, 0.1) is 0 Å². The zero-order valence-electron chi connectivity index (χ0n) is 18.1. The summed E-state index contributed by atoms with van der Waals surface area (Å²) in [5, 5.41) is 2.55. The van der Waals surface area contributed by atoms with E-state index in [4.69, 9.17) is 0 Å². The summed E-state index contributed by atoms with van der Waals surface area (Å²) in [6.07, 6.45) is 9.99. The summed E-state index contributed by atoms with van der Waals surface area (Å²) in [4.78, 5) is 5.94. The van der Waals surface area contributed by atoms with Gasteiger partial charge in [0, 0.05) is 37.0 Å². The largest absolute Gasteiger partial charge is 0.338 e. The third-order valence-corrected chi connectivity index (χ3v) is 6.91. The molecule has 3 aromatic rings. The van der Waals surface area contributed by atoms with Crippen LogP contribution in [-0.2, 0) is 6.54 Å². The van der Waals surface area contributed by atoms with E-state index in [1.165, 1.54) is 32.1 Å². The SMILES string of the molecule is CCN(C)CCC[n+]1ccc(C=CC=C2Sc3ccccc3N2C)c2ccccc21. The van der Waals surface area contributed by atoms with Gasteiger partial charge in [0.1, 0.15) is 6.54 Å². The van der Waals surface area contributed by atoms with Crippen molar-refractivity contribution in [1.82, 2.24) is 4.90 Å². The van der Waals surface area contributed by atoms with Gasteiger partial charge in [-0.1, -0.05) is 55.1 Å². The van der Waals surface area contributed by atoms with E-state index in [-0.39, 0.29) is 0 Å². The lowest BCUT2D eigenvalue weighted by atomic mass is 10.1. The van der Waals surface area contributed by atoms with Gasteiger partial charge in [-0.3, -0.25) is 0 Å². The molecule has 1 aliphatic rings. The Kier molecular flexibility index (Phi) is 6.56. The van der Waals surface area contributed by atoms with Crippen molar-refractivity contribution >= 4 is 34.4 Å². The number of hydrogen-bond acceptors (Lipinski definition) is 3. The molecule has 0 atom stereocenters. The lowest BCUT2D eigenvalue weighted by molar-refractivity contribution is -0.671. The number of benzene rings is 2. The van der Waals surface area contributed by atoms with Gasteiger partial charge in [-0.2, -0.15) is 4.57 Å². The number of pyridine rings is 1. The molecule has 0 saturated carbocycles. The molecule has 4 rings (SSSR count). The molecule has 1 aliphatic heterocycles. The number of anilines is 1. The molecule has 154 valence electrons. The number of aryl methyl sites for hydroxylation is 1. The van der Waals surface area contributed by atoms with Crippen molar-refractivity contribution < 1.29 is 4.57 Å². The minimum atomic E-state index is 1.04. The van der Waals surface area contributed by atoms with Gasteiger partial charge >= 0.3 is 0 Å². The Morgan fingerprint density at radius 2 is 1.87 bits per heavy atom. The average molecular weight is 417 g/mol. The summed E-state index contributed by atoms with van der Waals surface area (Å²) < 4.78 is 2.38. The molecule has 0 N–H and O–H groups in total. The monoisotopic (exact) mass is 416 g/mol. The molecular formula is C26H30N3S+. The Labute approximate surface area is 184 Å². The highest BCUT2D eigenvalue weighted by Crippen LogP contribution is 2.44. The maximum absolute atomic E-state index is 2.38. The van der Waals surface area contributed by atoms with Crippen LogP contribution >= 0.6 is 11.8 Å². The molecule has 0 amide bonds. The Balaban J connectivity index is 1.53. The highest BCUT2D eigenvalue weighted by molar-refractivity contribution is 8.03. The van der Waals surface area contributed by atoms with E-state index < -0.39 is 0 Å². The molecule has 1 aromatic heterocycles. The highest BCUT2D eigenvalue weighted by Gasteiger charge is 2.20. The van der Waals surface area contributed by atoms with Crippen LogP contribution in [0.4, 0.5) is 5.69 Å². The van der Waals surface area contributed by atoms with Crippen LogP contribution < -0.4 is 9.47 Å². The van der Waals surface area contributed by atoms with E-state index >= 15 is 0 Å². The van der Waals surface area contributed by atoms with Gasteiger partial charge in [0.15, 0.2) is 6.20 Å². The summed E-state index contributed by atoms with van der Waals surface area (Å²) in [5.74, 6) is 0. The number of hydrogen-bond donors (Lipinski definition) is 0. The summed E-state index contributed by atoms with van der Waals surface area (Å²) in [5.41, 5.74) is 3.83. The van der Waals surface area contributed by atoms with Gasteiger partial charge in [0.2, 0.25) is 5.52 Å². The van der Waals surface area contributed by atoms with Gasteiger partial charge in [-0.15, -0.1) is 0 Å². The lowest BCUT2D eigenvalue weighted by Gasteiger charge is -2.12. The van der Waals surface area contributed by atoms with Crippen LogP contribution in [0.3, 0.4) is 0 Å². The number of rotatable bonds is 7. The van der Waals surface area contributed by atoms with Crippen molar-refractivity contribution in [2.24, 2.45) is 0 Å². The van der Waals surface area contributed by atoms with Crippen LogP contribution in [0.25, 0.3) is 17.0 Å². The molecule has 30 heavy (non-hydrogen) atoms. The maximum atomic E-state index is 2.38. The molecular weight excluding hydrogens is 386 g/mol. The van der Waals surface area contributed by atoms with E-state index in [2.05, 4.69) is 114 Å². The first-order valence-corrected chi connectivity index (χ1v) is 11.5. The van der Waals surface area contributed by atoms with Crippen LogP contribution in [0.1, 0.15) is 18.9 Å². The third-order valence-electron chi connectivity index (χ3n) is 5.72. The zero-order chi connectivity index (χ0) is 20.9. The van der Waals surface area contributed by atoms with Crippen LogP contribution in [0.15, 0.2) is 82.9 Å². The van der Waals surface area contributed by atoms with E-state index in [9.17, 15) is 0 Å². The molecule has 0 bridgehead atoms. The maximum Gasteiger partial charge on any atom is 0.213 e. The first-order valence-electron chi connectivity index (χ1n) is 10.7. The fourth-order valence-corrected chi connectivity index (χ4v) is 4.88. The number of thioether (sulfide) groups is 1. The highest BCUT2D eigenvalue weighted by atomic mass is 32.2. The lowest BCUT2D eigenvalue weighted by Crippen LogP contribution is -2.36. The van der Waals surface area contributed by atoms with Crippen molar-refractivity contribution in [1.29, 1.82) is 0 Å². The van der Waals surface area contributed by atoms with E-state index in [1.807, 2.05) is 11.8 Å². The molecule has 2 aromatic carbocycles. The third kappa shape index (κ3) is 4.45. The Hall–Kier alpha value is -2.56. The molecule has 0 spiro atoms. The van der Waals surface area contributed by atoms with Crippen LogP contribution in [-0.4, -0.2) is 32.1 Å². The normalized spacial score (nSPS) is 15.1. The fraction of sp³-hybridized carbons (Fsp3) is 0.269. The Morgan fingerprint density at radius 3 is 2.70 bits per heavy atom. The smallest absolute Gasteiger partial charge is 0.213 e. The van der Waals surface area contributed by atoms with Gasteiger partial charge in [0.25, 0.3) is 0 Å². The van der Waals surface area contributed by atoms with Crippen LogP contribution in [0.2, 0.25) is 0 Å². The topological polar surface area (TPSA) is 10.4 Å². The second kappa shape index (κ2) is 9.50. The summed E-state index contributed by atoms with van der Waals surface area (Å²) >= 11 is 1.83. The van der Waals surface area contributed by atoms with Crippen molar-refractivity contribution in [3.05, 3.63) is 83.5 Å². The zero-order valence-corrected chi connectivity index (χ0v) is 18.9. The minimum Gasteiger partial charge on any atom is -0.338 e. The Morgan fingerprint density at radius 1 is 1.07 bits per heavy atom. The van der Waals surface area contributed by atoms with E-state index in [0.29, 0.717) is 0 Å². The molecule has 0 fully saturated rings. The number of nitrogens with zero attached hydrogens (tertiary/aromatic N) is 3. The number of aromatic nitrogens is 1. The number of fused-ring (bicyclic) bond motifs is 2. The standard InChI is InChI=1S/C26H30N3S/c1-4-27(2)18-10-19-29-20-17-21(22-12-5-6-13-23(22)29)11-9-16-26-28(3)24-14-7-8-15-25(24)30-26/h5-9,11-17,20H,4,10,18-19H2,1-3H3/q+1. The molecule has 0 aliphatic carbocycles. The molecule has 0 unspecified atom stereocenters. The van der Waals surface area contributed by atoms with Crippen molar-refractivity contribution in [3.8, 4) is 0 Å². The van der Waals surface area contributed by atoms with Gasteiger partial charge in [0.05, 0.1) is 16.1 Å². The van der Waals surface area contributed by atoms with Crippen LogP contribution in [0.5, 0.6) is 0 Å². The first kappa shape index (κ1) is 20.7. The summed E-state index contributed by atoms with van der Waals surface area (Å²) in [6.45, 7) is 5.47. The van der Waals surface area contributed by atoms with E-state index in [0.717, 1.165) is 26.1 Å².